The van der Waals surface area contributed by atoms with Crippen molar-refractivity contribution >= 4 is 5.91 Å². The van der Waals surface area contributed by atoms with Crippen molar-refractivity contribution in [1.82, 2.24) is 5.32 Å². The Kier molecular flexibility index (Phi) is 5.20. The molecule has 0 spiro atoms. The second-order valence-corrected chi connectivity index (χ2v) is 6.39. The van der Waals surface area contributed by atoms with E-state index in [9.17, 15) is 9.90 Å². The van der Waals surface area contributed by atoms with Crippen molar-refractivity contribution in [2.75, 3.05) is 6.61 Å². The Morgan fingerprint density at radius 3 is 2.83 bits per heavy atom. The fraction of sp³-hybridized carbons (Fsp3) is 0.421. The van der Waals surface area contributed by atoms with E-state index < -0.39 is 6.10 Å². The van der Waals surface area contributed by atoms with Crippen LogP contribution in [0.1, 0.15) is 48.4 Å². The van der Waals surface area contributed by atoms with E-state index in [2.05, 4.69) is 5.32 Å². The maximum Gasteiger partial charge on any atom is 0.255 e. The first kappa shape index (κ1) is 16.6. The van der Waals surface area contributed by atoms with Crippen LogP contribution in [0.5, 0.6) is 5.75 Å². The number of amides is 1. The summed E-state index contributed by atoms with van der Waals surface area (Å²) in [4.78, 5) is 12.5. The standard InChI is InChI=1S/C19H23NO4/c1-13(11-16(21)18-7-4-10-23-18)20-19(22)15-5-2-3-6-17(15)24-12-14-8-9-14/h2-7,10,13-14,16,21H,8-9,11-12H2,1H3,(H,20,22). The van der Waals surface area contributed by atoms with Crippen molar-refractivity contribution in [3.8, 4) is 5.75 Å². The number of carbonyl (C=O) groups excluding carboxylic acids is 1. The number of ether oxygens (including phenoxy) is 1. The first-order chi connectivity index (χ1) is 11.6. The Balaban J connectivity index is 1.57. The SMILES string of the molecule is CC(CC(O)c1ccco1)NC(=O)c1ccccc1OCC1CC1. The molecular weight excluding hydrogens is 306 g/mol. The van der Waals surface area contributed by atoms with E-state index >= 15 is 0 Å². The average Bonchev–Trinajstić information content (AvgIpc) is 3.23. The van der Waals surface area contributed by atoms with Gasteiger partial charge in [0.05, 0.1) is 18.4 Å². The molecule has 1 aliphatic carbocycles. The molecule has 1 aromatic heterocycles. The number of para-hydroxylation sites is 1. The number of benzene rings is 1. The summed E-state index contributed by atoms with van der Waals surface area (Å²) < 4.78 is 11.0. The molecule has 2 aromatic rings. The van der Waals surface area contributed by atoms with Gasteiger partial charge in [-0.1, -0.05) is 12.1 Å². The van der Waals surface area contributed by atoms with Crippen LogP contribution in [0.25, 0.3) is 0 Å². The number of aliphatic hydroxyl groups excluding tert-OH is 1. The molecule has 0 aliphatic heterocycles. The van der Waals surface area contributed by atoms with Crippen LogP contribution in [0.2, 0.25) is 0 Å². The van der Waals surface area contributed by atoms with E-state index in [-0.39, 0.29) is 11.9 Å². The molecule has 3 rings (SSSR count). The van der Waals surface area contributed by atoms with Crippen LogP contribution in [-0.2, 0) is 0 Å². The fourth-order valence-corrected chi connectivity index (χ4v) is 2.56. The highest BCUT2D eigenvalue weighted by Gasteiger charge is 2.23. The molecule has 1 amide bonds. The van der Waals surface area contributed by atoms with Crippen molar-refractivity contribution < 1.29 is 19.1 Å². The third kappa shape index (κ3) is 4.38. The lowest BCUT2D eigenvalue weighted by Gasteiger charge is -2.18. The van der Waals surface area contributed by atoms with Crippen LogP contribution in [0, 0.1) is 5.92 Å². The Morgan fingerprint density at radius 1 is 1.33 bits per heavy atom. The lowest BCUT2D eigenvalue weighted by atomic mass is 10.1. The number of furan rings is 1. The zero-order valence-electron chi connectivity index (χ0n) is 13.8. The van der Waals surface area contributed by atoms with Gasteiger partial charge in [0.2, 0.25) is 0 Å². The first-order valence-electron chi connectivity index (χ1n) is 8.37. The first-order valence-corrected chi connectivity index (χ1v) is 8.37. The molecule has 1 aliphatic rings. The van der Waals surface area contributed by atoms with Crippen LogP contribution in [0.15, 0.2) is 47.1 Å². The number of carbonyl (C=O) groups is 1. The van der Waals surface area contributed by atoms with Crippen molar-refractivity contribution in [2.24, 2.45) is 5.92 Å². The molecule has 1 heterocycles. The molecule has 5 heteroatoms. The predicted molar refractivity (Wildman–Crippen MR) is 89.9 cm³/mol. The van der Waals surface area contributed by atoms with Gasteiger partial charge in [0.15, 0.2) is 0 Å². The maximum atomic E-state index is 12.5. The molecule has 2 atom stereocenters. The smallest absolute Gasteiger partial charge is 0.255 e. The lowest BCUT2D eigenvalue weighted by molar-refractivity contribution is 0.0899. The van der Waals surface area contributed by atoms with Crippen LogP contribution in [0.4, 0.5) is 0 Å². The quantitative estimate of drug-likeness (QED) is 0.779. The van der Waals surface area contributed by atoms with Crippen molar-refractivity contribution in [1.29, 1.82) is 0 Å². The van der Waals surface area contributed by atoms with E-state index in [0.717, 1.165) is 0 Å². The molecular formula is C19H23NO4. The van der Waals surface area contributed by atoms with Gasteiger partial charge in [0.1, 0.15) is 17.6 Å². The highest BCUT2D eigenvalue weighted by molar-refractivity contribution is 5.97. The minimum atomic E-state index is -0.739. The Labute approximate surface area is 141 Å². The van der Waals surface area contributed by atoms with E-state index in [4.69, 9.17) is 9.15 Å². The molecule has 128 valence electrons. The van der Waals surface area contributed by atoms with Gasteiger partial charge in [-0.2, -0.15) is 0 Å². The summed E-state index contributed by atoms with van der Waals surface area (Å²) >= 11 is 0. The molecule has 0 bridgehead atoms. The maximum absolute atomic E-state index is 12.5. The largest absolute Gasteiger partial charge is 0.492 e. The summed E-state index contributed by atoms with van der Waals surface area (Å²) in [6.07, 6.45) is 3.57. The molecule has 0 radical (unpaired) electrons. The fourth-order valence-electron chi connectivity index (χ4n) is 2.56. The topological polar surface area (TPSA) is 71.7 Å². The Hall–Kier alpha value is -2.27. The van der Waals surface area contributed by atoms with Crippen LogP contribution >= 0.6 is 0 Å². The molecule has 1 saturated carbocycles. The number of aliphatic hydroxyl groups is 1. The van der Waals surface area contributed by atoms with Gasteiger partial charge in [0.25, 0.3) is 5.91 Å². The number of rotatable bonds is 8. The van der Waals surface area contributed by atoms with Gasteiger partial charge in [0, 0.05) is 12.5 Å². The highest BCUT2D eigenvalue weighted by atomic mass is 16.5. The zero-order chi connectivity index (χ0) is 16.9. The monoisotopic (exact) mass is 329 g/mol. The van der Waals surface area contributed by atoms with E-state index in [1.807, 2.05) is 25.1 Å². The normalized spacial score (nSPS) is 16.4. The van der Waals surface area contributed by atoms with E-state index in [1.165, 1.54) is 19.1 Å². The zero-order valence-corrected chi connectivity index (χ0v) is 13.8. The summed E-state index contributed by atoms with van der Waals surface area (Å²) in [6, 6.07) is 10.5. The van der Waals surface area contributed by atoms with Crippen molar-refractivity contribution in [2.45, 2.75) is 38.3 Å². The van der Waals surface area contributed by atoms with Gasteiger partial charge in [-0.05, 0) is 49.9 Å². The summed E-state index contributed by atoms with van der Waals surface area (Å²) in [7, 11) is 0. The predicted octanol–water partition coefficient (Wildman–Crippen LogP) is 3.31. The molecule has 0 saturated heterocycles. The number of hydrogen-bond acceptors (Lipinski definition) is 4. The summed E-state index contributed by atoms with van der Waals surface area (Å²) in [5.74, 6) is 1.55. The Morgan fingerprint density at radius 2 is 2.12 bits per heavy atom. The summed E-state index contributed by atoms with van der Waals surface area (Å²) in [5.41, 5.74) is 0.525. The number of nitrogens with one attached hydrogen (secondary N) is 1. The second-order valence-electron chi connectivity index (χ2n) is 6.39. The Bertz CT molecular complexity index is 664. The van der Waals surface area contributed by atoms with Crippen LogP contribution < -0.4 is 10.1 Å². The summed E-state index contributed by atoms with van der Waals surface area (Å²) in [5, 5.41) is 13.0. The van der Waals surface area contributed by atoms with Gasteiger partial charge in [-0.25, -0.2) is 0 Å². The molecule has 1 fully saturated rings. The van der Waals surface area contributed by atoms with Gasteiger partial charge >= 0.3 is 0 Å². The molecule has 2 unspecified atom stereocenters. The minimum Gasteiger partial charge on any atom is -0.492 e. The summed E-state index contributed by atoms with van der Waals surface area (Å²) in [6.45, 7) is 2.52. The van der Waals surface area contributed by atoms with Crippen LogP contribution in [0.3, 0.4) is 0 Å². The minimum absolute atomic E-state index is 0.194. The van der Waals surface area contributed by atoms with E-state index in [1.54, 1.807) is 18.2 Å². The third-order valence-corrected chi connectivity index (χ3v) is 4.13. The third-order valence-electron chi connectivity index (χ3n) is 4.13. The van der Waals surface area contributed by atoms with Crippen molar-refractivity contribution in [3.63, 3.8) is 0 Å². The number of hydrogen-bond donors (Lipinski definition) is 2. The van der Waals surface area contributed by atoms with Gasteiger partial charge in [-0.3, -0.25) is 4.79 Å². The molecule has 24 heavy (non-hydrogen) atoms. The molecule has 5 nitrogen and oxygen atoms in total. The lowest BCUT2D eigenvalue weighted by Crippen LogP contribution is -2.34. The van der Waals surface area contributed by atoms with E-state index in [0.29, 0.717) is 36.0 Å². The molecule has 1 aromatic carbocycles. The van der Waals surface area contributed by atoms with Gasteiger partial charge < -0.3 is 19.6 Å². The van der Waals surface area contributed by atoms with Crippen LogP contribution in [-0.4, -0.2) is 23.7 Å². The molecule has 2 N–H and O–H groups in total. The second kappa shape index (κ2) is 7.53. The van der Waals surface area contributed by atoms with Gasteiger partial charge in [-0.15, -0.1) is 0 Å². The average molecular weight is 329 g/mol. The van der Waals surface area contributed by atoms with Crippen molar-refractivity contribution in [3.05, 3.63) is 54.0 Å². The highest BCUT2D eigenvalue weighted by Crippen LogP contribution is 2.30.